The van der Waals surface area contributed by atoms with Gasteiger partial charge in [-0.3, -0.25) is 29.4 Å². The van der Waals surface area contributed by atoms with E-state index in [1.165, 1.54) is 62.5 Å². The van der Waals surface area contributed by atoms with Crippen LogP contribution in [0.2, 0.25) is 0 Å². The number of benzene rings is 2. The first kappa shape index (κ1) is 56.4. The van der Waals surface area contributed by atoms with E-state index in [1.54, 1.807) is 67.8 Å². The van der Waals surface area contributed by atoms with Crippen molar-refractivity contribution in [3.63, 3.8) is 0 Å². The van der Waals surface area contributed by atoms with Gasteiger partial charge < -0.3 is 50.4 Å². The Balaban J connectivity index is 0.000000182. The number of ether oxygens (including phenoxy) is 4. The molecule has 32 heteroatoms. The number of aliphatic hydroxyl groups excluding tert-OH is 2. The molecule has 81 heavy (non-hydrogen) atoms. The monoisotopic (exact) mass is 1160 g/mol. The normalized spacial score (nSPS) is 24.2. The Bertz CT molecular complexity index is 3670. The molecular formula is C49H56N16O14S2. The van der Waals surface area contributed by atoms with Gasteiger partial charge in [-0.25, -0.2) is 56.3 Å². The van der Waals surface area contributed by atoms with Gasteiger partial charge in [0, 0.05) is 50.6 Å². The summed E-state index contributed by atoms with van der Waals surface area (Å²) in [6.07, 6.45) is 3.88. The molecule has 0 radical (unpaired) electrons. The topological polar surface area (TPSA) is 380 Å². The zero-order valence-corrected chi connectivity index (χ0v) is 45.3. The molecule has 5 aliphatic heterocycles. The number of nitrogens with one attached hydrogen (secondary N) is 6. The predicted octanol–water partition coefficient (Wildman–Crippen LogP) is 1.37. The maximum atomic E-state index is 12.9. The third kappa shape index (κ3) is 11.4. The summed E-state index contributed by atoms with van der Waals surface area (Å²) in [4.78, 5) is 76.0. The predicted molar refractivity (Wildman–Crippen MR) is 286 cm³/mol. The van der Waals surface area contributed by atoms with Gasteiger partial charge in [0.05, 0.1) is 22.4 Å². The quantitative estimate of drug-likeness (QED) is 0.0714. The number of likely N-dealkylation sites (N-methyl/N-ethyl adjacent to an activating group) is 2. The minimum Gasteiger partial charge on any atom is -0.387 e. The molecule has 6 aromatic rings. The molecule has 0 aliphatic carbocycles. The van der Waals surface area contributed by atoms with Crippen molar-refractivity contribution >= 4 is 89.3 Å². The molecule has 0 spiro atoms. The van der Waals surface area contributed by atoms with Crippen LogP contribution in [0.1, 0.15) is 40.2 Å². The van der Waals surface area contributed by atoms with Crippen LogP contribution >= 0.6 is 0 Å². The number of urea groups is 2. The van der Waals surface area contributed by atoms with Gasteiger partial charge in [-0.05, 0) is 64.1 Å². The van der Waals surface area contributed by atoms with E-state index >= 15 is 0 Å². The van der Waals surface area contributed by atoms with Crippen LogP contribution in [0.4, 0.5) is 32.6 Å². The molecule has 8 atom stereocenters. The van der Waals surface area contributed by atoms with E-state index < -0.39 is 92.9 Å². The number of sulfonamides is 2. The SMILES string of the molecule is CCNC(=O)[C@H]1O[C@@H](n2cnc3c(NC(=O)Nc4cccc(S(=O)(=O)N5CC=CC5)c4)ncnc32)C(O)C1O.CCNC(=O)[C@H]1O[C@@H](n2cnc3c(NC(=O)Nc4cccc(S(=O)(=O)N5CC=CC5)c4)ncnc32)C2OC(C)(C)OC21. The van der Waals surface area contributed by atoms with Gasteiger partial charge in [0.15, 0.2) is 64.4 Å². The molecule has 11 rings (SSSR count). The molecule has 5 aliphatic rings. The van der Waals surface area contributed by atoms with Gasteiger partial charge in [-0.2, -0.15) is 8.61 Å². The largest absolute Gasteiger partial charge is 0.387 e. The van der Waals surface area contributed by atoms with Crippen LogP contribution in [0, 0.1) is 0 Å². The van der Waals surface area contributed by atoms with E-state index in [1.807, 2.05) is 6.92 Å². The van der Waals surface area contributed by atoms with E-state index in [-0.39, 0.29) is 68.5 Å². The molecular weight excluding hydrogens is 1100 g/mol. The van der Waals surface area contributed by atoms with Gasteiger partial charge >= 0.3 is 12.1 Å². The van der Waals surface area contributed by atoms with Crippen molar-refractivity contribution in [1.82, 2.24) is 58.3 Å². The van der Waals surface area contributed by atoms with Crippen LogP contribution in [0.15, 0.2) is 108 Å². The second kappa shape index (κ2) is 22.9. The lowest BCUT2D eigenvalue weighted by Crippen LogP contribution is -2.42. The number of carbonyl (C=O) groups excluding carboxylic acids is 4. The molecule has 0 saturated carbocycles. The van der Waals surface area contributed by atoms with Crippen molar-refractivity contribution in [3.8, 4) is 0 Å². The summed E-state index contributed by atoms with van der Waals surface area (Å²) in [6.45, 7) is 8.97. The third-order valence-corrected chi connectivity index (χ3v) is 16.9. The van der Waals surface area contributed by atoms with Gasteiger partial charge in [-0.1, -0.05) is 36.4 Å². The Labute approximate surface area is 462 Å². The molecule has 3 fully saturated rings. The maximum Gasteiger partial charge on any atom is 0.324 e. The second-order valence-electron chi connectivity index (χ2n) is 19.1. The van der Waals surface area contributed by atoms with Crippen LogP contribution in [-0.2, 0) is 48.6 Å². The van der Waals surface area contributed by atoms with Crippen LogP contribution in [-0.4, -0.2) is 180 Å². The highest BCUT2D eigenvalue weighted by molar-refractivity contribution is 7.89. The molecule has 9 heterocycles. The lowest BCUT2D eigenvalue weighted by atomic mass is 10.1. The minimum atomic E-state index is -3.72. The van der Waals surface area contributed by atoms with Crippen molar-refractivity contribution in [2.45, 2.75) is 92.4 Å². The van der Waals surface area contributed by atoms with E-state index in [9.17, 15) is 46.2 Å². The number of aliphatic hydroxyl groups is 2. The fraction of sp³-hybridized carbons (Fsp3) is 0.388. The fourth-order valence-corrected chi connectivity index (χ4v) is 12.3. The number of rotatable bonds is 14. The number of anilines is 4. The number of nitrogens with zero attached hydrogens (tertiary/aromatic N) is 10. The maximum absolute atomic E-state index is 12.9. The molecule has 3 saturated heterocycles. The molecule has 8 N–H and O–H groups in total. The Kier molecular flexibility index (Phi) is 15.9. The number of hydrogen-bond donors (Lipinski definition) is 8. The Morgan fingerprint density at radius 3 is 1.52 bits per heavy atom. The minimum absolute atomic E-state index is 0.0245. The Hall–Kier alpha value is -7.92. The number of hydrogen-bond acceptors (Lipinski definition) is 20. The van der Waals surface area contributed by atoms with Crippen LogP contribution in [0.5, 0.6) is 0 Å². The lowest BCUT2D eigenvalue weighted by molar-refractivity contribution is -0.197. The van der Waals surface area contributed by atoms with Crippen molar-refractivity contribution < 1.29 is 65.2 Å². The van der Waals surface area contributed by atoms with Crippen LogP contribution in [0.25, 0.3) is 22.3 Å². The van der Waals surface area contributed by atoms with Gasteiger partial charge in [0.2, 0.25) is 20.0 Å². The highest BCUT2D eigenvalue weighted by Crippen LogP contribution is 2.44. The average molecular weight is 1160 g/mol. The van der Waals surface area contributed by atoms with Crippen LogP contribution < -0.4 is 31.9 Å². The molecule has 2 aromatic carbocycles. The van der Waals surface area contributed by atoms with E-state index in [2.05, 4.69) is 61.8 Å². The fourth-order valence-electron chi connectivity index (χ4n) is 9.54. The van der Waals surface area contributed by atoms with Gasteiger partial charge in [0.1, 0.15) is 37.1 Å². The summed E-state index contributed by atoms with van der Waals surface area (Å²) in [5, 5.41) is 36.6. The summed E-state index contributed by atoms with van der Waals surface area (Å²) in [7, 11) is -7.43. The van der Waals surface area contributed by atoms with E-state index in [4.69, 9.17) is 18.9 Å². The summed E-state index contributed by atoms with van der Waals surface area (Å²) in [5.41, 5.74) is 1.44. The molecule has 4 aromatic heterocycles. The van der Waals surface area contributed by atoms with E-state index in [0.29, 0.717) is 31.8 Å². The van der Waals surface area contributed by atoms with Crippen molar-refractivity contribution in [3.05, 3.63) is 98.1 Å². The number of amides is 6. The summed E-state index contributed by atoms with van der Waals surface area (Å²) in [5.74, 6) is -1.68. The third-order valence-electron chi connectivity index (χ3n) is 13.2. The first-order chi connectivity index (χ1) is 38.8. The molecule has 428 valence electrons. The molecule has 30 nitrogen and oxygen atoms in total. The van der Waals surface area contributed by atoms with Crippen molar-refractivity contribution in [1.29, 1.82) is 0 Å². The number of imidazole rings is 2. The zero-order valence-electron chi connectivity index (χ0n) is 43.7. The number of aromatic nitrogens is 8. The Morgan fingerprint density at radius 2 is 1.04 bits per heavy atom. The van der Waals surface area contributed by atoms with Crippen molar-refractivity contribution in [2.24, 2.45) is 0 Å². The summed E-state index contributed by atoms with van der Waals surface area (Å²) < 4.78 is 80.8. The van der Waals surface area contributed by atoms with Gasteiger partial charge in [0.25, 0.3) is 11.8 Å². The average Bonchev–Trinajstić information content (AvgIpc) is 4.45. The summed E-state index contributed by atoms with van der Waals surface area (Å²) in [6, 6.07) is 10.5. The highest BCUT2D eigenvalue weighted by atomic mass is 32.2. The van der Waals surface area contributed by atoms with Crippen LogP contribution in [0.3, 0.4) is 0 Å². The Morgan fingerprint density at radius 1 is 0.593 bits per heavy atom. The lowest BCUT2D eigenvalue weighted by Gasteiger charge is -2.24. The standard InChI is InChI=1S/C26H30N8O7S.C23H26N8O7S/c1-4-27-23(35)19-18-20(41-26(2,3)40-18)24(39-19)34-14-30-17-21(28-13-29-22(17)34)32-25(36)31-15-8-7-9-16(12-15)42(37,38)33-10-5-6-11-33;1-2-24-21(34)18-16(32)17(33)22(38-18)31-12-27-15-19(25-11-26-20(15)31)29-23(35)28-13-6-5-7-14(10-13)39(36,37)30-8-3-4-9-30/h5-9,12-14,18-20,24H,4,10-11H2,1-3H3,(H,27,35)(H2,28,29,31,32,36);3-7,10-12,16-18,22,32-33H,2,8-9H2,1H3,(H,24,34)(H2,25,26,28,29,35)/t18?,19-,20?,24+;16?,17?,18-,22+/m00/s1. The zero-order chi connectivity index (χ0) is 57.4. The second-order valence-corrected chi connectivity index (χ2v) is 23.0. The van der Waals surface area contributed by atoms with E-state index in [0.717, 1.165) is 6.33 Å². The highest BCUT2D eigenvalue weighted by Gasteiger charge is 2.58. The number of carbonyl (C=O) groups is 4. The summed E-state index contributed by atoms with van der Waals surface area (Å²) >= 11 is 0. The first-order valence-electron chi connectivity index (χ1n) is 25.4. The first-order valence-corrected chi connectivity index (χ1v) is 28.3. The smallest absolute Gasteiger partial charge is 0.324 e. The molecule has 4 unspecified atom stereocenters. The van der Waals surface area contributed by atoms with Gasteiger partial charge in [-0.15, -0.1) is 0 Å². The number of fused-ring (bicyclic) bond motifs is 3. The molecule has 6 amide bonds. The van der Waals surface area contributed by atoms with Crippen molar-refractivity contribution in [2.75, 3.05) is 60.5 Å². The molecule has 0 bridgehead atoms.